The SMILES string of the molecule is COCCNC(=O)CN(Cc1ccc(OC)cc1)C(=O)CCC(=O)Nc1ccccn1. The zero-order chi connectivity index (χ0) is 22.5. The molecule has 0 fully saturated rings. The van der Waals surface area contributed by atoms with Crippen LogP contribution in [-0.2, 0) is 25.7 Å². The highest BCUT2D eigenvalue weighted by molar-refractivity contribution is 5.93. The number of pyridine rings is 1. The molecule has 0 spiro atoms. The van der Waals surface area contributed by atoms with E-state index in [2.05, 4.69) is 15.6 Å². The number of nitrogens with zero attached hydrogens (tertiary/aromatic N) is 2. The highest BCUT2D eigenvalue weighted by Gasteiger charge is 2.19. The van der Waals surface area contributed by atoms with Gasteiger partial charge in [-0.25, -0.2) is 4.98 Å². The van der Waals surface area contributed by atoms with Crippen LogP contribution in [0.4, 0.5) is 5.82 Å². The second-order valence-corrected chi connectivity index (χ2v) is 6.70. The van der Waals surface area contributed by atoms with E-state index in [-0.39, 0.29) is 43.7 Å². The number of carbonyl (C=O) groups excluding carboxylic acids is 3. The number of amides is 3. The molecule has 0 atom stereocenters. The van der Waals surface area contributed by atoms with E-state index in [1.165, 1.54) is 4.90 Å². The lowest BCUT2D eigenvalue weighted by atomic mass is 10.2. The van der Waals surface area contributed by atoms with Gasteiger partial charge in [0.1, 0.15) is 11.6 Å². The summed E-state index contributed by atoms with van der Waals surface area (Å²) in [6, 6.07) is 12.4. The summed E-state index contributed by atoms with van der Waals surface area (Å²) in [6.07, 6.45) is 1.53. The summed E-state index contributed by atoms with van der Waals surface area (Å²) < 4.78 is 10.1. The molecule has 166 valence electrons. The molecule has 0 radical (unpaired) electrons. The molecule has 2 N–H and O–H groups in total. The van der Waals surface area contributed by atoms with Crippen molar-refractivity contribution in [2.24, 2.45) is 0 Å². The Morgan fingerprint density at radius 2 is 1.77 bits per heavy atom. The Kier molecular flexibility index (Phi) is 9.96. The fourth-order valence-corrected chi connectivity index (χ4v) is 2.73. The molecule has 0 bridgehead atoms. The van der Waals surface area contributed by atoms with E-state index in [0.29, 0.717) is 24.7 Å². The summed E-state index contributed by atoms with van der Waals surface area (Å²) in [4.78, 5) is 42.6. The van der Waals surface area contributed by atoms with Crippen LogP contribution in [0.3, 0.4) is 0 Å². The van der Waals surface area contributed by atoms with Gasteiger partial charge in [0.2, 0.25) is 17.7 Å². The lowest BCUT2D eigenvalue weighted by Crippen LogP contribution is -2.41. The van der Waals surface area contributed by atoms with Crippen molar-refractivity contribution in [2.75, 3.05) is 39.2 Å². The number of carbonyl (C=O) groups is 3. The minimum Gasteiger partial charge on any atom is -0.497 e. The predicted molar refractivity (Wildman–Crippen MR) is 115 cm³/mol. The number of rotatable bonds is 12. The van der Waals surface area contributed by atoms with Gasteiger partial charge >= 0.3 is 0 Å². The first-order valence-electron chi connectivity index (χ1n) is 9.89. The van der Waals surface area contributed by atoms with Crippen molar-refractivity contribution in [1.29, 1.82) is 0 Å². The lowest BCUT2D eigenvalue weighted by Gasteiger charge is -2.22. The van der Waals surface area contributed by atoms with Crippen LogP contribution in [-0.4, -0.2) is 61.5 Å². The van der Waals surface area contributed by atoms with Gasteiger partial charge in [-0.15, -0.1) is 0 Å². The molecular weight excluding hydrogens is 400 g/mol. The standard InChI is InChI=1S/C22H28N4O5/c1-30-14-13-24-21(28)16-26(15-17-6-8-18(31-2)9-7-17)22(29)11-10-20(27)25-19-5-3-4-12-23-19/h3-9,12H,10-11,13-16H2,1-2H3,(H,24,28)(H,23,25,27). The van der Waals surface area contributed by atoms with Crippen LogP contribution in [0, 0.1) is 0 Å². The number of benzene rings is 1. The Bertz CT molecular complexity index is 843. The van der Waals surface area contributed by atoms with E-state index in [4.69, 9.17) is 9.47 Å². The number of hydrogen-bond donors (Lipinski definition) is 2. The number of hydrogen-bond acceptors (Lipinski definition) is 6. The van der Waals surface area contributed by atoms with Gasteiger partial charge < -0.3 is 25.0 Å². The third-order valence-electron chi connectivity index (χ3n) is 4.35. The van der Waals surface area contributed by atoms with E-state index >= 15 is 0 Å². The molecule has 9 heteroatoms. The zero-order valence-corrected chi connectivity index (χ0v) is 17.8. The normalized spacial score (nSPS) is 10.3. The summed E-state index contributed by atoms with van der Waals surface area (Å²) in [5.74, 6) is 0.212. The molecule has 1 aromatic carbocycles. The van der Waals surface area contributed by atoms with Crippen LogP contribution in [0.25, 0.3) is 0 Å². The van der Waals surface area contributed by atoms with Crippen molar-refractivity contribution in [3.63, 3.8) is 0 Å². The van der Waals surface area contributed by atoms with Crippen LogP contribution in [0.5, 0.6) is 5.75 Å². The molecule has 1 heterocycles. The van der Waals surface area contributed by atoms with Crippen LogP contribution >= 0.6 is 0 Å². The van der Waals surface area contributed by atoms with Gasteiger partial charge in [0.05, 0.1) is 20.3 Å². The number of aromatic nitrogens is 1. The van der Waals surface area contributed by atoms with Gasteiger partial charge in [0.25, 0.3) is 0 Å². The smallest absolute Gasteiger partial charge is 0.239 e. The van der Waals surface area contributed by atoms with Crippen molar-refractivity contribution < 1.29 is 23.9 Å². The second kappa shape index (κ2) is 13.0. The number of anilines is 1. The highest BCUT2D eigenvalue weighted by atomic mass is 16.5. The molecular formula is C22H28N4O5. The Hall–Kier alpha value is -3.46. The largest absolute Gasteiger partial charge is 0.497 e. The quantitative estimate of drug-likeness (QED) is 0.497. The molecule has 0 aliphatic rings. The Balaban J connectivity index is 1.96. The minimum absolute atomic E-state index is 0.0141. The zero-order valence-electron chi connectivity index (χ0n) is 17.8. The Morgan fingerprint density at radius 1 is 1.00 bits per heavy atom. The molecule has 2 aromatic rings. The van der Waals surface area contributed by atoms with Gasteiger partial charge in [-0.1, -0.05) is 18.2 Å². The molecule has 0 aliphatic carbocycles. The van der Waals surface area contributed by atoms with Crippen molar-refractivity contribution in [2.45, 2.75) is 19.4 Å². The summed E-state index contributed by atoms with van der Waals surface area (Å²) in [5.41, 5.74) is 0.844. The predicted octanol–water partition coefficient (Wildman–Crippen LogP) is 1.60. The third kappa shape index (κ3) is 8.83. The monoisotopic (exact) mass is 428 g/mol. The van der Waals surface area contributed by atoms with Crippen molar-refractivity contribution in [3.05, 3.63) is 54.2 Å². The van der Waals surface area contributed by atoms with E-state index in [9.17, 15) is 14.4 Å². The van der Waals surface area contributed by atoms with E-state index in [1.807, 2.05) is 12.1 Å². The number of nitrogens with one attached hydrogen (secondary N) is 2. The molecule has 9 nitrogen and oxygen atoms in total. The van der Waals surface area contributed by atoms with Crippen LogP contribution in [0.2, 0.25) is 0 Å². The van der Waals surface area contributed by atoms with E-state index in [0.717, 1.165) is 5.56 Å². The van der Waals surface area contributed by atoms with Gasteiger partial charge in [0.15, 0.2) is 0 Å². The Morgan fingerprint density at radius 3 is 2.42 bits per heavy atom. The van der Waals surface area contributed by atoms with Crippen LogP contribution in [0.1, 0.15) is 18.4 Å². The number of ether oxygens (including phenoxy) is 2. The Labute approximate surface area is 181 Å². The van der Waals surface area contributed by atoms with Gasteiger partial charge in [-0.05, 0) is 29.8 Å². The summed E-state index contributed by atoms with van der Waals surface area (Å²) in [7, 11) is 3.12. The molecule has 31 heavy (non-hydrogen) atoms. The van der Waals surface area contributed by atoms with Gasteiger partial charge in [0, 0.05) is 39.2 Å². The summed E-state index contributed by atoms with van der Waals surface area (Å²) in [6.45, 7) is 0.858. The first-order chi connectivity index (χ1) is 15.0. The number of methoxy groups -OCH3 is 2. The van der Waals surface area contributed by atoms with Crippen molar-refractivity contribution >= 4 is 23.5 Å². The fraction of sp³-hybridized carbons (Fsp3) is 0.364. The van der Waals surface area contributed by atoms with E-state index in [1.54, 1.807) is 50.7 Å². The van der Waals surface area contributed by atoms with Gasteiger partial charge in [-0.3, -0.25) is 14.4 Å². The average molecular weight is 428 g/mol. The topological polar surface area (TPSA) is 110 Å². The van der Waals surface area contributed by atoms with E-state index < -0.39 is 0 Å². The molecule has 0 unspecified atom stereocenters. The van der Waals surface area contributed by atoms with Gasteiger partial charge in [-0.2, -0.15) is 0 Å². The van der Waals surface area contributed by atoms with Crippen LogP contribution < -0.4 is 15.4 Å². The molecule has 1 aromatic heterocycles. The molecule has 2 rings (SSSR count). The first kappa shape index (κ1) is 23.8. The maximum Gasteiger partial charge on any atom is 0.239 e. The lowest BCUT2D eigenvalue weighted by molar-refractivity contribution is -0.137. The van der Waals surface area contributed by atoms with Crippen molar-refractivity contribution in [1.82, 2.24) is 15.2 Å². The maximum atomic E-state index is 12.8. The highest BCUT2D eigenvalue weighted by Crippen LogP contribution is 2.14. The molecule has 0 aliphatic heterocycles. The maximum absolute atomic E-state index is 12.8. The van der Waals surface area contributed by atoms with Crippen molar-refractivity contribution in [3.8, 4) is 5.75 Å². The summed E-state index contributed by atoms with van der Waals surface area (Å²) >= 11 is 0. The average Bonchev–Trinajstić information content (AvgIpc) is 2.78. The van der Waals surface area contributed by atoms with Crippen LogP contribution in [0.15, 0.2) is 48.7 Å². The molecule has 3 amide bonds. The second-order valence-electron chi connectivity index (χ2n) is 6.70. The summed E-state index contributed by atoms with van der Waals surface area (Å²) in [5, 5.41) is 5.35. The third-order valence-corrected chi connectivity index (χ3v) is 4.35. The molecule has 0 saturated heterocycles. The first-order valence-corrected chi connectivity index (χ1v) is 9.89. The minimum atomic E-state index is -0.319. The molecule has 0 saturated carbocycles. The fourth-order valence-electron chi connectivity index (χ4n) is 2.73.